The number of hydrogen-bond donors (Lipinski definition) is 2. The topological polar surface area (TPSA) is 148 Å². The predicted octanol–water partition coefficient (Wildman–Crippen LogP) is 5.56. The van der Waals surface area contributed by atoms with Crippen LogP contribution in [-0.4, -0.2) is 37.7 Å². The van der Waals surface area contributed by atoms with E-state index in [1.54, 1.807) is 66.7 Å². The first-order chi connectivity index (χ1) is 20.5. The highest BCUT2D eigenvalue weighted by Crippen LogP contribution is 2.34. The average molecular weight is 580 g/mol. The number of ether oxygens (including phenoxy) is 2. The van der Waals surface area contributed by atoms with E-state index in [1.165, 1.54) is 17.1 Å². The third kappa shape index (κ3) is 6.04. The van der Waals surface area contributed by atoms with E-state index >= 15 is 0 Å². The van der Waals surface area contributed by atoms with E-state index in [0.29, 0.717) is 34.9 Å². The lowest BCUT2D eigenvalue weighted by molar-refractivity contribution is 0.321. The molecule has 12 heteroatoms. The number of aromatic nitrogens is 4. The summed E-state index contributed by atoms with van der Waals surface area (Å²) in [4.78, 5) is 21.1. The lowest BCUT2D eigenvalue weighted by Gasteiger charge is -2.13. The van der Waals surface area contributed by atoms with Crippen LogP contribution in [-0.2, 0) is 0 Å². The zero-order chi connectivity index (χ0) is 29.5. The van der Waals surface area contributed by atoms with Gasteiger partial charge < -0.3 is 14.6 Å². The monoisotopic (exact) mass is 579 g/mol. The molecule has 0 aliphatic carbocycles. The first kappa shape index (κ1) is 27.8. The van der Waals surface area contributed by atoms with Gasteiger partial charge in [0.25, 0.3) is 5.56 Å². The number of nitrogens with one attached hydrogen (secondary N) is 1. The van der Waals surface area contributed by atoms with Gasteiger partial charge in [0.15, 0.2) is 22.3 Å². The Balaban J connectivity index is 1.36. The van der Waals surface area contributed by atoms with E-state index in [-0.39, 0.29) is 28.0 Å². The number of nitrogens with zero attached hydrogens (tertiary/aromatic N) is 6. The molecule has 0 spiro atoms. The van der Waals surface area contributed by atoms with Gasteiger partial charge in [0.05, 0.1) is 30.4 Å². The molecule has 0 amide bonds. The molecule has 3 aromatic carbocycles. The van der Waals surface area contributed by atoms with Crippen molar-refractivity contribution in [2.75, 3.05) is 12.0 Å². The smallest absolute Gasteiger partial charge is 0.294 e. The zero-order valence-corrected chi connectivity index (χ0v) is 22.9. The standard InChI is InChI=1S/C30H22ClN7O4/c1-2-41-24-15-19(17-33-37-30-35-27(20-9-5-3-6-10-20)22(16-32)28(39)36-30)13-14-23(24)42-25-18-34-38(29(40)26(25)31)21-11-7-4-8-12-21/h3-15,17-18H,2H2,1H3,(H2,35,36,37,39). The summed E-state index contributed by atoms with van der Waals surface area (Å²) in [5.74, 6) is 0.302. The first-order valence-electron chi connectivity index (χ1n) is 12.6. The largest absolute Gasteiger partial charge is 0.492 e. The fraction of sp³-hybridized carbons (Fsp3) is 0.0667. The van der Waals surface area contributed by atoms with Gasteiger partial charge in [-0.3, -0.25) is 4.79 Å². The van der Waals surface area contributed by atoms with Crippen molar-refractivity contribution in [2.45, 2.75) is 6.92 Å². The number of hydrogen-bond acceptors (Lipinski definition) is 10. The van der Waals surface area contributed by atoms with Crippen molar-refractivity contribution >= 4 is 23.8 Å². The highest BCUT2D eigenvalue weighted by atomic mass is 35.5. The second-order valence-electron chi connectivity index (χ2n) is 8.56. The van der Waals surface area contributed by atoms with Crippen molar-refractivity contribution in [1.29, 1.82) is 5.26 Å². The molecule has 0 fully saturated rings. The number of aromatic hydroxyl groups is 1. The predicted molar refractivity (Wildman–Crippen MR) is 158 cm³/mol. The summed E-state index contributed by atoms with van der Waals surface area (Å²) >= 11 is 6.35. The SMILES string of the molecule is CCOc1cc(C=NNc2nc(O)c(C#N)c(-c3ccccc3)n2)ccc1Oc1cnn(-c2ccccc2)c(=O)c1Cl. The second kappa shape index (κ2) is 12.6. The minimum Gasteiger partial charge on any atom is -0.492 e. The lowest BCUT2D eigenvalue weighted by Crippen LogP contribution is -2.21. The van der Waals surface area contributed by atoms with Crippen LogP contribution in [0.15, 0.2) is 95.0 Å². The number of rotatable bonds is 9. The van der Waals surface area contributed by atoms with Crippen molar-refractivity contribution in [2.24, 2.45) is 5.10 Å². The molecule has 0 radical (unpaired) electrons. The zero-order valence-electron chi connectivity index (χ0n) is 22.1. The molecule has 5 rings (SSSR count). The summed E-state index contributed by atoms with van der Waals surface area (Å²) in [6, 6.07) is 24.8. The maximum absolute atomic E-state index is 12.8. The van der Waals surface area contributed by atoms with Crippen LogP contribution in [0.3, 0.4) is 0 Å². The van der Waals surface area contributed by atoms with Crippen LogP contribution < -0.4 is 20.5 Å². The molecule has 42 heavy (non-hydrogen) atoms. The van der Waals surface area contributed by atoms with Crippen LogP contribution in [0.25, 0.3) is 16.9 Å². The third-order valence-corrected chi connectivity index (χ3v) is 6.15. The molecule has 2 aromatic heterocycles. The summed E-state index contributed by atoms with van der Waals surface area (Å²) in [5.41, 5.74) is 4.22. The van der Waals surface area contributed by atoms with Gasteiger partial charge in [0.2, 0.25) is 11.8 Å². The van der Waals surface area contributed by atoms with Crippen LogP contribution in [0.1, 0.15) is 18.1 Å². The molecule has 208 valence electrons. The van der Waals surface area contributed by atoms with Crippen LogP contribution in [0.4, 0.5) is 5.95 Å². The highest BCUT2D eigenvalue weighted by Gasteiger charge is 2.16. The molecule has 5 aromatic rings. The van der Waals surface area contributed by atoms with Gasteiger partial charge in [-0.25, -0.2) is 10.4 Å². The van der Waals surface area contributed by atoms with Crippen LogP contribution >= 0.6 is 11.6 Å². The summed E-state index contributed by atoms with van der Waals surface area (Å²) in [5, 5.41) is 27.9. The summed E-state index contributed by atoms with van der Waals surface area (Å²) < 4.78 is 12.8. The Hall–Kier alpha value is -5.73. The van der Waals surface area contributed by atoms with Crippen LogP contribution in [0.2, 0.25) is 5.02 Å². The van der Waals surface area contributed by atoms with Crippen molar-refractivity contribution in [3.63, 3.8) is 0 Å². The average Bonchev–Trinajstić information content (AvgIpc) is 3.01. The first-order valence-corrected chi connectivity index (χ1v) is 13.0. The van der Waals surface area contributed by atoms with Gasteiger partial charge in [-0.15, -0.1) is 0 Å². The molecule has 0 unspecified atom stereocenters. The van der Waals surface area contributed by atoms with E-state index in [0.717, 1.165) is 0 Å². The number of para-hydroxylation sites is 1. The molecule has 11 nitrogen and oxygen atoms in total. The highest BCUT2D eigenvalue weighted by molar-refractivity contribution is 6.31. The van der Waals surface area contributed by atoms with Gasteiger partial charge >= 0.3 is 0 Å². The third-order valence-electron chi connectivity index (χ3n) is 5.80. The Morgan fingerprint density at radius 3 is 2.50 bits per heavy atom. The molecule has 0 bridgehead atoms. The molecule has 0 atom stereocenters. The van der Waals surface area contributed by atoms with Gasteiger partial charge in [-0.1, -0.05) is 60.1 Å². The summed E-state index contributed by atoms with van der Waals surface area (Å²) in [6.45, 7) is 2.16. The van der Waals surface area contributed by atoms with E-state index < -0.39 is 11.4 Å². The van der Waals surface area contributed by atoms with Crippen molar-refractivity contribution < 1.29 is 14.6 Å². The quantitative estimate of drug-likeness (QED) is 0.169. The van der Waals surface area contributed by atoms with E-state index in [9.17, 15) is 15.2 Å². The summed E-state index contributed by atoms with van der Waals surface area (Å²) in [7, 11) is 0. The molecule has 2 N–H and O–H groups in total. The number of halogens is 1. The van der Waals surface area contributed by atoms with Crippen molar-refractivity contribution in [1.82, 2.24) is 19.7 Å². The minimum absolute atomic E-state index is 0.000957. The van der Waals surface area contributed by atoms with Crippen LogP contribution in [0.5, 0.6) is 23.1 Å². The Morgan fingerprint density at radius 1 is 1.05 bits per heavy atom. The Bertz CT molecular complexity index is 1860. The molecule has 0 aliphatic rings. The van der Waals surface area contributed by atoms with Crippen LogP contribution in [0, 0.1) is 11.3 Å². The maximum atomic E-state index is 12.8. The normalized spacial score (nSPS) is 10.8. The van der Waals surface area contributed by atoms with Crippen molar-refractivity contribution in [3.05, 3.63) is 112 Å². The Kier molecular flexibility index (Phi) is 8.37. The number of anilines is 1. The fourth-order valence-electron chi connectivity index (χ4n) is 3.89. The van der Waals surface area contributed by atoms with Gasteiger partial charge in [-0.05, 0) is 42.8 Å². The Morgan fingerprint density at radius 2 is 1.79 bits per heavy atom. The minimum atomic E-state index is -0.528. The maximum Gasteiger partial charge on any atom is 0.294 e. The number of nitriles is 1. The van der Waals surface area contributed by atoms with Gasteiger partial charge in [-0.2, -0.15) is 25.1 Å². The molecule has 0 saturated heterocycles. The molecular weight excluding hydrogens is 558 g/mol. The number of benzene rings is 3. The fourth-order valence-corrected chi connectivity index (χ4v) is 4.06. The molecule has 2 heterocycles. The molecule has 0 aliphatic heterocycles. The van der Waals surface area contributed by atoms with Crippen molar-refractivity contribution in [3.8, 4) is 46.1 Å². The lowest BCUT2D eigenvalue weighted by atomic mass is 10.1. The van der Waals surface area contributed by atoms with E-state index in [4.69, 9.17) is 21.1 Å². The van der Waals surface area contributed by atoms with Gasteiger partial charge in [0.1, 0.15) is 11.6 Å². The van der Waals surface area contributed by atoms with E-state index in [1.807, 2.05) is 25.1 Å². The summed E-state index contributed by atoms with van der Waals surface area (Å²) in [6.07, 6.45) is 2.85. The Labute approximate surface area is 244 Å². The van der Waals surface area contributed by atoms with E-state index in [2.05, 4.69) is 25.6 Å². The van der Waals surface area contributed by atoms with Gasteiger partial charge in [0, 0.05) is 5.56 Å². The molecule has 0 saturated carbocycles. The second-order valence-corrected chi connectivity index (χ2v) is 8.94. The molecular formula is C30H22ClN7O4. The number of hydrazone groups is 1.